The number of piperidine rings is 1. The molecule has 3 aliphatic rings. The molecule has 35 heavy (non-hydrogen) atoms. The Morgan fingerprint density at radius 3 is 2.60 bits per heavy atom. The van der Waals surface area contributed by atoms with Crippen LogP contribution < -0.4 is 9.47 Å². The lowest BCUT2D eigenvalue weighted by atomic mass is 9.77. The fraction of sp³-hybridized carbons (Fsp3) is 0.400. The van der Waals surface area contributed by atoms with Crippen molar-refractivity contribution in [2.75, 3.05) is 26.9 Å². The lowest BCUT2D eigenvalue weighted by Gasteiger charge is -2.50. The molecule has 0 unspecified atom stereocenters. The van der Waals surface area contributed by atoms with Crippen LogP contribution in [0.2, 0.25) is 0 Å². The molecule has 0 spiro atoms. The monoisotopic (exact) mass is 470 g/mol. The smallest absolute Gasteiger partial charge is 0.231 e. The molecule has 0 aromatic heterocycles. The van der Waals surface area contributed by atoms with Crippen LogP contribution in [0.5, 0.6) is 11.5 Å². The molecule has 3 aliphatic heterocycles. The predicted molar refractivity (Wildman–Crippen MR) is 138 cm³/mol. The highest BCUT2D eigenvalue weighted by Crippen LogP contribution is 2.43. The summed E-state index contributed by atoms with van der Waals surface area (Å²) in [6.45, 7) is 5.14. The zero-order valence-corrected chi connectivity index (χ0v) is 20.6. The third kappa shape index (κ3) is 4.33. The number of hydrogen-bond donors (Lipinski definition) is 1. The molecule has 3 aromatic rings. The first-order valence-corrected chi connectivity index (χ1v) is 12.8. The number of aliphatic hydroxyl groups excluding tert-OH is 1. The van der Waals surface area contributed by atoms with E-state index in [1.165, 1.54) is 22.3 Å². The van der Waals surface area contributed by atoms with Gasteiger partial charge in [0.2, 0.25) is 6.79 Å². The largest absolute Gasteiger partial charge is 0.454 e. The first-order chi connectivity index (χ1) is 17.1. The Labute approximate surface area is 207 Å². The van der Waals surface area contributed by atoms with Gasteiger partial charge >= 0.3 is 0 Å². The average Bonchev–Trinajstić information content (AvgIpc) is 3.36. The summed E-state index contributed by atoms with van der Waals surface area (Å²) in [7, 11) is 2.22. The molecule has 0 amide bonds. The number of aliphatic hydroxyl groups is 1. The van der Waals surface area contributed by atoms with Crippen molar-refractivity contribution in [1.82, 2.24) is 9.80 Å². The van der Waals surface area contributed by atoms with Gasteiger partial charge in [-0.25, -0.2) is 0 Å². The summed E-state index contributed by atoms with van der Waals surface area (Å²) in [5.74, 6) is 1.87. The molecule has 5 heteroatoms. The quantitative estimate of drug-likeness (QED) is 0.576. The normalized spacial score (nSPS) is 24.2. The summed E-state index contributed by atoms with van der Waals surface area (Å²) in [5.41, 5.74) is 6.58. The Bertz CT molecular complexity index is 1200. The van der Waals surface area contributed by atoms with Crippen molar-refractivity contribution in [2.45, 2.75) is 44.5 Å². The molecule has 6 rings (SSSR count). The molecule has 1 N–H and O–H groups in total. The minimum absolute atomic E-state index is 0.235. The molecule has 0 bridgehead atoms. The zero-order valence-electron chi connectivity index (χ0n) is 20.6. The maximum atomic E-state index is 10.7. The molecule has 0 aliphatic carbocycles. The van der Waals surface area contributed by atoms with E-state index in [4.69, 9.17) is 9.47 Å². The highest BCUT2D eigenvalue weighted by Gasteiger charge is 2.42. The standard InChI is InChI=1S/C30H34N2O3/c1-20(33)26-18-32-13-12-22-8-9-23(24-10-11-29-30(15-24)35-19-34-29)14-25(22)28(32)16-27(26)31(2)17-21-6-4-3-5-7-21/h3-11,14-15,20,26-28,33H,12-13,16-19H2,1-2H3/t20-,26-,27-,28-/m0/s1. The fourth-order valence-corrected chi connectivity index (χ4v) is 6.27. The van der Waals surface area contributed by atoms with Crippen LogP contribution >= 0.6 is 0 Å². The fourth-order valence-electron chi connectivity index (χ4n) is 6.27. The first-order valence-electron chi connectivity index (χ1n) is 12.8. The molecule has 4 atom stereocenters. The lowest BCUT2D eigenvalue weighted by molar-refractivity contribution is -0.0307. The molecule has 3 aromatic carbocycles. The number of fused-ring (bicyclic) bond motifs is 4. The van der Waals surface area contributed by atoms with Crippen LogP contribution in [-0.4, -0.2) is 54.0 Å². The Morgan fingerprint density at radius 2 is 1.77 bits per heavy atom. The third-order valence-electron chi connectivity index (χ3n) is 8.18. The second-order valence-corrected chi connectivity index (χ2v) is 10.4. The van der Waals surface area contributed by atoms with Gasteiger partial charge in [-0.15, -0.1) is 0 Å². The number of nitrogens with zero attached hydrogens (tertiary/aromatic N) is 2. The molecular formula is C30H34N2O3. The third-order valence-corrected chi connectivity index (χ3v) is 8.18. The van der Waals surface area contributed by atoms with E-state index in [0.29, 0.717) is 18.9 Å². The summed E-state index contributed by atoms with van der Waals surface area (Å²) in [6, 6.07) is 24.5. The van der Waals surface area contributed by atoms with Gasteiger partial charge in [-0.3, -0.25) is 9.80 Å². The Morgan fingerprint density at radius 1 is 1.00 bits per heavy atom. The molecule has 0 radical (unpaired) electrons. The maximum absolute atomic E-state index is 10.7. The Hall–Kier alpha value is -2.86. The van der Waals surface area contributed by atoms with Crippen molar-refractivity contribution in [3.63, 3.8) is 0 Å². The lowest BCUT2D eigenvalue weighted by Crippen LogP contribution is -2.55. The van der Waals surface area contributed by atoms with E-state index in [9.17, 15) is 5.11 Å². The van der Waals surface area contributed by atoms with Gasteiger partial charge in [-0.1, -0.05) is 48.5 Å². The van der Waals surface area contributed by atoms with E-state index in [2.05, 4.69) is 77.5 Å². The van der Waals surface area contributed by atoms with E-state index < -0.39 is 0 Å². The van der Waals surface area contributed by atoms with Crippen molar-refractivity contribution in [3.05, 3.63) is 83.4 Å². The van der Waals surface area contributed by atoms with Crippen LogP contribution in [0.4, 0.5) is 0 Å². The summed E-state index contributed by atoms with van der Waals surface area (Å²) >= 11 is 0. The second-order valence-electron chi connectivity index (χ2n) is 10.4. The molecule has 0 saturated carbocycles. The van der Waals surface area contributed by atoms with E-state index in [1.807, 2.05) is 13.0 Å². The van der Waals surface area contributed by atoms with E-state index in [0.717, 1.165) is 49.5 Å². The molecule has 1 fully saturated rings. The second kappa shape index (κ2) is 9.30. The Kier molecular flexibility index (Phi) is 6.01. The van der Waals surface area contributed by atoms with Gasteiger partial charge in [0.25, 0.3) is 0 Å². The summed E-state index contributed by atoms with van der Waals surface area (Å²) in [6.07, 6.45) is 1.75. The zero-order chi connectivity index (χ0) is 23.9. The molecule has 182 valence electrons. The number of ether oxygens (including phenoxy) is 2. The van der Waals surface area contributed by atoms with Gasteiger partial charge in [-0.05, 0) is 72.8 Å². The summed E-state index contributed by atoms with van der Waals surface area (Å²) in [5, 5.41) is 10.7. The van der Waals surface area contributed by atoms with Crippen LogP contribution in [0.15, 0.2) is 66.7 Å². The minimum atomic E-state index is -0.333. The maximum Gasteiger partial charge on any atom is 0.231 e. The minimum Gasteiger partial charge on any atom is -0.454 e. The number of hydrogen-bond acceptors (Lipinski definition) is 5. The van der Waals surface area contributed by atoms with Crippen molar-refractivity contribution in [3.8, 4) is 22.6 Å². The van der Waals surface area contributed by atoms with Crippen LogP contribution in [0.1, 0.15) is 36.1 Å². The van der Waals surface area contributed by atoms with Gasteiger partial charge in [0.1, 0.15) is 0 Å². The number of benzene rings is 3. The van der Waals surface area contributed by atoms with E-state index in [-0.39, 0.29) is 12.0 Å². The van der Waals surface area contributed by atoms with Gasteiger partial charge in [0.15, 0.2) is 11.5 Å². The van der Waals surface area contributed by atoms with Crippen LogP contribution in [0, 0.1) is 5.92 Å². The SMILES string of the molecule is C[C@H](O)[C@@H]1CN2CCc3ccc(-c4ccc5c(c4)OCO5)cc3[C@@H]2C[C@@H]1N(C)Cc1ccccc1. The number of rotatable bonds is 5. The van der Waals surface area contributed by atoms with Crippen LogP contribution in [-0.2, 0) is 13.0 Å². The predicted octanol–water partition coefficient (Wildman–Crippen LogP) is 4.88. The van der Waals surface area contributed by atoms with Crippen molar-refractivity contribution >= 4 is 0 Å². The average molecular weight is 471 g/mol. The topological polar surface area (TPSA) is 45.2 Å². The van der Waals surface area contributed by atoms with Crippen molar-refractivity contribution in [1.29, 1.82) is 0 Å². The van der Waals surface area contributed by atoms with Gasteiger partial charge in [0, 0.05) is 37.6 Å². The Balaban J connectivity index is 1.30. The van der Waals surface area contributed by atoms with Gasteiger partial charge < -0.3 is 14.6 Å². The van der Waals surface area contributed by atoms with E-state index in [1.54, 1.807) is 0 Å². The molecule has 5 nitrogen and oxygen atoms in total. The van der Waals surface area contributed by atoms with Gasteiger partial charge in [-0.2, -0.15) is 0 Å². The van der Waals surface area contributed by atoms with E-state index >= 15 is 0 Å². The van der Waals surface area contributed by atoms with Crippen molar-refractivity contribution in [2.24, 2.45) is 5.92 Å². The summed E-state index contributed by atoms with van der Waals surface area (Å²) in [4.78, 5) is 5.07. The first kappa shape index (κ1) is 22.6. The van der Waals surface area contributed by atoms with Gasteiger partial charge in [0.05, 0.1) is 6.10 Å². The molecule has 3 heterocycles. The highest BCUT2D eigenvalue weighted by atomic mass is 16.7. The highest BCUT2D eigenvalue weighted by molar-refractivity contribution is 5.69. The molecule has 1 saturated heterocycles. The van der Waals surface area contributed by atoms with Crippen LogP contribution in [0.3, 0.4) is 0 Å². The summed E-state index contributed by atoms with van der Waals surface area (Å²) < 4.78 is 11.1. The molecular weight excluding hydrogens is 436 g/mol. The van der Waals surface area contributed by atoms with Crippen molar-refractivity contribution < 1.29 is 14.6 Å². The van der Waals surface area contributed by atoms with Crippen LogP contribution in [0.25, 0.3) is 11.1 Å².